The highest BCUT2D eigenvalue weighted by Crippen LogP contribution is 2.27. The molecule has 0 aromatic heterocycles. The van der Waals surface area contributed by atoms with Crippen LogP contribution in [-0.4, -0.2) is 16.8 Å². The monoisotopic (exact) mass is 343 g/mol. The van der Waals surface area contributed by atoms with Gasteiger partial charge in [0, 0.05) is 15.6 Å². The van der Waals surface area contributed by atoms with Crippen molar-refractivity contribution in [3.8, 4) is 5.75 Å². The lowest BCUT2D eigenvalue weighted by Crippen LogP contribution is -2.06. The average Bonchev–Trinajstić information content (AvgIpc) is 2.85. The molecule has 4 nitrogen and oxygen atoms in total. The van der Waals surface area contributed by atoms with E-state index in [9.17, 15) is 9.90 Å². The molecule has 5 heteroatoms. The number of benzene rings is 2. The van der Waals surface area contributed by atoms with Gasteiger partial charge in [0.25, 0.3) is 0 Å². The molecule has 3 rings (SSSR count). The molecule has 0 atom stereocenters. The fourth-order valence-corrected chi connectivity index (χ4v) is 2.39. The van der Waals surface area contributed by atoms with E-state index in [0.29, 0.717) is 16.8 Å². The first-order valence-electron chi connectivity index (χ1n) is 6.20. The Labute approximate surface area is 129 Å². The molecule has 2 aromatic carbocycles. The van der Waals surface area contributed by atoms with Crippen LogP contribution in [0.4, 0.5) is 0 Å². The van der Waals surface area contributed by atoms with Gasteiger partial charge in [-0.3, -0.25) is 0 Å². The number of halogens is 1. The summed E-state index contributed by atoms with van der Waals surface area (Å²) in [5.41, 5.74) is 2.07. The zero-order valence-electron chi connectivity index (χ0n) is 10.8. The Morgan fingerprint density at radius 3 is 2.67 bits per heavy atom. The minimum absolute atomic E-state index is 0.0813. The molecule has 1 N–H and O–H groups in total. The highest BCUT2D eigenvalue weighted by molar-refractivity contribution is 9.10. The number of phenolic OH excluding ortho intramolecular Hbond substituents is 1. The van der Waals surface area contributed by atoms with E-state index in [-0.39, 0.29) is 5.75 Å². The van der Waals surface area contributed by atoms with Gasteiger partial charge in [0.05, 0.1) is 5.57 Å². The fraction of sp³-hybridized carbons (Fsp3) is 0. The van der Waals surface area contributed by atoms with Crippen LogP contribution in [0.15, 0.2) is 63.7 Å². The minimum Gasteiger partial charge on any atom is -0.507 e. The van der Waals surface area contributed by atoms with Crippen molar-refractivity contribution in [2.24, 2.45) is 5.16 Å². The maximum absolute atomic E-state index is 11.9. The normalized spacial score (nSPS) is 16.0. The SMILES string of the molecule is O=C1ON=C(c2ccccc2)/C1=C\c1cc(Br)ccc1O. The van der Waals surface area contributed by atoms with Crippen LogP contribution >= 0.6 is 15.9 Å². The van der Waals surface area contributed by atoms with Gasteiger partial charge in [-0.05, 0) is 24.3 Å². The summed E-state index contributed by atoms with van der Waals surface area (Å²) >= 11 is 3.33. The summed E-state index contributed by atoms with van der Waals surface area (Å²) in [5.74, 6) is -0.453. The minimum atomic E-state index is -0.534. The van der Waals surface area contributed by atoms with Gasteiger partial charge < -0.3 is 9.94 Å². The number of aromatic hydroxyl groups is 1. The van der Waals surface area contributed by atoms with Crippen molar-refractivity contribution in [2.75, 3.05) is 0 Å². The lowest BCUT2D eigenvalue weighted by molar-refractivity contribution is -0.136. The number of carbonyl (C=O) groups excluding carboxylic acids is 1. The van der Waals surface area contributed by atoms with Gasteiger partial charge in [0.1, 0.15) is 11.5 Å². The first kappa shape index (κ1) is 13.6. The van der Waals surface area contributed by atoms with Gasteiger partial charge in [-0.1, -0.05) is 51.4 Å². The van der Waals surface area contributed by atoms with Crippen molar-refractivity contribution in [2.45, 2.75) is 0 Å². The molecule has 0 aliphatic carbocycles. The van der Waals surface area contributed by atoms with Crippen LogP contribution in [0, 0.1) is 0 Å². The molecule has 0 amide bonds. The molecule has 2 aromatic rings. The Morgan fingerprint density at radius 1 is 1.14 bits per heavy atom. The summed E-state index contributed by atoms with van der Waals surface area (Å²) < 4.78 is 0.803. The quantitative estimate of drug-likeness (QED) is 0.670. The molecule has 1 heterocycles. The lowest BCUT2D eigenvalue weighted by Gasteiger charge is -2.03. The summed E-state index contributed by atoms with van der Waals surface area (Å²) in [6.45, 7) is 0. The number of oxime groups is 1. The Balaban J connectivity index is 2.07. The summed E-state index contributed by atoms with van der Waals surface area (Å²) in [6.07, 6.45) is 1.57. The topological polar surface area (TPSA) is 58.9 Å². The second-order valence-corrected chi connectivity index (χ2v) is 5.36. The van der Waals surface area contributed by atoms with E-state index < -0.39 is 5.97 Å². The third kappa shape index (κ3) is 2.73. The van der Waals surface area contributed by atoms with Crippen LogP contribution in [0.1, 0.15) is 11.1 Å². The smallest absolute Gasteiger partial charge is 0.368 e. The highest BCUT2D eigenvalue weighted by atomic mass is 79.9. The van der Waals surface area contributed by atoms with E-state index in [1.807, 2.05) is 30.3 Å². The van der Waals surface area contributed by atoms with Gasteiger partial charge >= 0.3 is 5.97 Å². The molecule has 1 aliphatic heterocycles. The van der Waals surface area contributed by atoms with Crippen LogP contribution in [-0.2, 0) is 9.63 Å². The molecule has 0 unspecified atom stereocenters. The maximum atomic E-state index is 11.9. The summed E-state index contributed by atoms with van der Waals surface area (Å²) in [5, 5.41) is 13.7. The van der Waals surface area contributed by atoms with Gasteiger partial charge in [-0.15, -0.1) is 0 Å². The standard InChI is InChI=1S/C16H10BrNO3/c17-12-6-7-14(19)11(8-12)9-13-15(18-21-16(13)20)10-4-2-1-3-5-10/h1-9,19H/b13-9+. The number of carbonyl (C=O) groups is 1. The van der Waals surface area contributed by atoms with E-state index in [1.165, 1.54) is 0 Å². The fourth-order valence-electron chi connectivity index (χ4n) is 2.01. The van der Waals surface area contributed by atoms with Crippen LogP contribution in [0.3, 0.4) is 0 Å². The van der Waals surface area contributed by atoms with E-state index in [2.05, 4.69) is 21.1 Å². The van der Waals surface area contributed by atoms with Crippen molar-refractivity contribution < 1.29 is 14.7 Å². The molecule has 21 heavy (non-hydrogen) atoms. The predicted octanol–water partition coefficient (Wildman–Crippen LogP) is 3.50. The lowest BCUT2D eigenvalue weighted by atomic mass is 10.0. The van der Waals surface area contributed by atoms with Crippen molar-refractivity contribution in [1.29, 1.82) is 0 Å². The summed E-state index contributed by atoms with van der Waals surface area (Å²) in [6, 6.07) is 14.3. The second-order valence-electron chi connectivity index (χ2n) is 4.45. The van der Waals surface area contributed by atoms with E-state index in [1.54, 1.807) is 24.3 Å². The van der Waals surface area contributed by atoms with Crippen molar-refractivity contribution >= 4 is 33.7 Å². The Hall–Kier alpha value is -2.40. The van der Waals surface area contributed by atoms with Gasteiger partial charge in [-0.2, -0.15) is 0 Å². The van der Waals surface area contributed by atoms with Gasteiger partial charge in [0.2, 0.25) is 0 Å². The summed E-state index contributed by atoms with van der Waals surface area (Å²) in [4.78, 5) is 16.6. The average molecular weight is 344 g/mol. The molecule has 0 fully saturated rings. The number of nitrogens with zero attached hydrogens (tertiary/aromatic N) is 1. The maximum Gasteiger partial charge on any atom is 0.368 e. The van der Waals surface area contributed by atoms with E-state index >= 15 is 0 Å². The Morgan fingerprint density at radius 2 is 1.90 bits per heavy atom. The summed E-state index contributed by atoms with van der Waals surface area (Å²) in [7, 11) is 0. The molecule has 0 radical (unpaired) electrons. The number of phenols is 1. The van der Waals surface area contributed by atoms with Crippen molar-refractivity contribution in [1.82, 2.24) is 0 Å². The molecular weight excluding hydrogens is 334 g/mol. The third-order valence-electron chi connectivity index (χ3n) is 3.03. The van der Waals surface area contributed by atoms with Crippen molar-refractivity contribution in [3.63, 3.8) is 0 Å². The van der Waals surface area contributed by atoms with Crippen molar-refractivity contribution in [3.05, 3.63) is 69.7 Å². The molecule has 1 aliphatic rings. The zero-order chi connectivity index (χ0) is 14.8. The highest BCUT2D eigenvalue weighted by Gasteiger charge is 2.26. The molecular formula is C16H10BrNO3. The van der Waals surface area contributed by atoms with Crippen LogP contribution in [0.25, 0.3) is 6.08 Å². The third-order valence-corrected chi connectivity index (χ3v) is 3.52. The van der Waals surface area contributed by atoms with Gasteiger partial charge in [0.15, 0.2) is 0 Å². The molecule has 104 valence electrons. The zero-order valence-corrected chi connectivity index (χ0v) is 12.4. The number of rotatable bonds is 2. The van der Waals surface area contributed by atoms with E-state index in [4.69, 9.17) is 4.84 Å². The Kier molecular flexibility index (Phi) is 3.58. The largest absolute Gasteiger partial charge is 0.507 e. The second kappa shape index (κ2) is 5.54. The van der Waals surface area contributed by atoms with E-state index in [0.717, 1.165) is 10.0 Å². The van der Waals surface area contributed by atoms with Crippen LogP contribution in [0.5, 0.6) is 5.75 Å². The molecule has 0 saturated carbocycles. The van der Waals surface area contributed by atoms with Crippen LogP contribution in [0.2, 0.25) is 0 Å². The molecule has 0 saturated heterocycles. The first-order valence-corrected chi connectivity index (χ1v) is 7.00. The van der Waals surface area contributed by atoms with Crippen LogP contribution < -0.4 is 0 Å². The molecule has 0 spiro atoms. The first-order chi connectivity index (χ1) is 10.1. The van der Waals surface area contributed by atoms with Gasteiger partial charge in [-0.25, -0.2) is 4.79 Å². The predicted molar refractivity (Wildman–Crippen MR) is 82.9 cm³/mol. The number of hydrogen-bond acceptors (Lipinski definition) is 4. The Bertz CT molecular complexity index is 766. The molecule has 0 bridgehead atoms. The number of hydrogen-bond donors (Lipinski definition) is 1.